The van der Waals surface area contributed by atoms with E-state index in [-0.39, 0.29) is 29.2 Å². The summed E-state index contributed by atoms with van der Waals surface area (Å²) in [5.74, 6) is -0.316. The molecule has 2 aromatic carbocycles. The van der Waals surface area contributed by atoms with Gasteiger partial charge >= 0.3 is 0 Å². The second-order valence-corrected chi connectivity index (χ2v) is 9.06. The molecule has 0 spiro atoms. The van der Waals surface area contributed by atoms with Crippen LogP contribution in [0.15, 0.2) is 42.5 Å². The van der Waals surface area contributed by atoms with E-state index in [2.05, 4.69) is 0 Å². The zero-order valence-electron chi connectivity index (χ0n) is 14.3. The Kier molecular flexibility index (Phi) is 5.19. The van der Waals surface area contributed by atoms with E-state index < -0.39 is 10.0 Å². The van der Waals surface area contributed by atoms with Crippen molar-refractivity contribution in [3.8, 4) is 0 Å². The predicted molar refractivity (Wildman–Crippen MR) is 106 cm³/mol. The zero-order chi connectivity index (χ0) is 19.1. The summed E-state index contributed by atoms with van der Waals surface area (Å²) in [6.45, 7) is 1.59. The van der Waals surface area contributed by atoms with Crippen molar-refractivity contribution in [3.05, 3.63) is 58.1 Å². The van der Waals surface area contributed by atoms with Crippen LogP contribution in [0.4, 0.5) is 11.4 Å². The highest BCUT2D eigenvalue weighted by molar-refractivity contribution is 7.92. The molecular formula is C18H18Cl2N2O3S. The smallest absolute Gasteiger partial charge is 0.248 e. The molecule has 138 valence electrons. The monoisotopic (exact) mass is 412 g/mol. The van der Waals surface area contributed by atoms with Crippen LogP contribution in [0, 0.1) is 0 Å². The van der Waals surface area contributed by atoms with Gasteiger partial charge in [-0.1, -0.05) is 41.4 Å². The molecule has 2 aromatic rings. The lowest BCUT2D eigenvalue weighted by atomic mass is 10.1. The van der Waals surface area contributed by atoms with Gasteiger partial charge in [0.2, 0.25) is 15.9 Å². The molecule has 0 saturated heterocycles. The normalized spacial score (nSPS) is 16.5. The van der Waals surface area contributed by atoms with Crippen LogP contribution in [-0.4, -0.2) is 33.2 Å². The molecule has 1 unspecified atom stereocenters. The molecule has 26 heavy (non-hydrogen) atoms. The number of carbonyl (C=O) groups excluding carboxylic acids is 1. The van der Waals surface area contributed by atoms with E-state index in [0.717, 1.165) is 28.2 Å². The summed E-state index contributed by atoms with van der Waals surface area (Å²) in [5.41, 5.74) is 2.07. The molecule has 5 nitrogen and oxygen atoms in total. The van der Waals surface area contributed by atoms with Crippen molar-refractivity contribution < 1.29 is 13.2 Å². The van der Waals surface area contributed by atoms with E-state index in [9.17, 15) is 13.2 Å². The van der Waals surface area contributed by atoms with Crippen molar-refractivity contribution in [3.63, 3.8) is 0 Å². The second kappa shape index (κ2) is 7.10. The molecule has 1 atom stereocenters. The summed E-state index contributed by atoms with van der Waals surface area (Å²) in [6, 6.07) is 12.1. The molecule has 0 N–H and O–H groups in total. The average molecular weight is 413 g/mol. The highest BCUT2D eigenvalue weighted by Crippen LogP contribution is 2.34. The van der Waals surface area contributed by atoms with Gasteiger partial charge in [-0.25, -0.2) is 8.42 Å². The maximum Gasteiger partial charge on any atom is 0.248 e. The van der Waals surface area contributed by atoms with E-state index >= 15 is 0 Å². The number of benzene rings is 2. The number of hydrogen-bond acceptors (Lipinski definition) is 3. The lowest BCUT2D eigenvalue weighted by Gasteiger charge is -2.28. The van der Waals surface area contributed by atoms with Crippen LogP contribution in [0.3, 0.4) is 0 Å². The number of fused-ring (bicyclic) bond motifs is 1. The second-order valence-electron chi connectivity index (χ2n) is 6.31. The Hall–Kier alpha value is -1.76. The molecular weight excluding hydrogens is 395 g/mol. The molecule has 1 aliphatic rings. The number of sulfonamides is 1. The summed E-state index contributed by atoms with van der Waals surface area (Å²) < 4.78 is 25.6. The van der Waals surface area contributed by atoms with Gasteiger partial charge in [-0.3, -0.25) is 9.10 Å². The first-order valence-electron chi connectivity index (χ1n) is 8.01. The number of carbonyl (C=O) groups is 1. The van der Waals surface area contributed by atoms with Gasteiger partial charge in [0.1, 0.15) is 6.54 Å². The highest BCUT2D eigenvalue weighted by atomic mass is 35.5. The fourth-order valence-electron chi connectivity index (χ4n) is 3.20. The molecule has 3 rings (SSSR count). The Balaban J connectivity index is 1.96. The summed E-state index contributed by atoms with van der Waals surface area (Å²) >= 11 is 12.1. The van der Waals surface area contributed by atoms with Crippen LogP contribution in [0.1, 0.15) is 12.5 Å². The topological polar surface area (TPSA) is 57.7 Å². The number of amides is 1. The average Bonchev–Trinajstić information content (AvgIpc) is 2.89. The third kappa shape index (κ3) is 3.68. The van der Waals surface area contributed by atoms with Gasteiger partial charge in [-0.2, -0.15) is 0 Å². The van der Waals surface area contributed by atoms with Crippen molar-refractivity contribution in [1.82, 2.24) is 0 Å². The molecule has 8 heteroatoms. The fraction of sp³-hybridized carbons (Fsp3) is 0.278. The molecule has 0 bridgehead atoms. The molecule has 1 heterocycles. The lowest BCUT2D eigenvalue weighted by molar-refractivity contribution is -0.117. The number of rotatable bonds is 4. The number of anilines is 2. The largest absolute Gasteiger partial charge is 0.307 e. The number of nitrogens with zero attached hydrogens (tertiary/aromatic N) is 2. The van der Waals surface area contributed by atoms with E-state index in [0.29, 0.717) is 5.02 Å². The van der Waals surface area contributed by atoms with Crippen LogP contribution in [0.2, 0.25) is 10.0 Å². The van der Waals surface area contributed by atoms with Gasteiger partial charge in [0.15, 0.2) is 0 Å². The minimum Gasteiger partial charge on any atom is -0.307 e. The maximum atomic E-state index is 13.0. The van der Waals surface area contributed by atoms with Gasteiger partial charge in [0, 0.05) is 16.8 Å². The summed E-state index contributed by atoms with van der Waals surface area (Å²) in [4.78, 5) is 14.6. The predicted octanol–water partition coefficient (Wildman–Crippen LogP) is 3.74. The Labute approximate surface area is 163 Å². The van der Waals surface area contributed by atoms with Gasteiger partial charge in [-0.15, -0.1) is 0 Å². The fourth-order valence-corrected chi connectivity index (χ4v) is 4.49. The van der Waals surface area contributed by atoms with E-state index in [1.54, 1.807) is 11.0 Å². The molecule has 0 radical (unpaired) electrons. The third-order valence-electron chi connectivity index (χ3n) is 4.33. The van der Waals surface area contributed by atoms with Crippen molar-refractivity contribution in [2.24, 2.45) is 0 Å². The lowest BCUT2D eigenvalue weighted by Crippen LogP contribution is -2.45. The Bertz CT molecular complexity index is 963. The molecule has 1 aliphatic heterocycles. The number of hydrogen-bond donors (Lipinski definition) is 0. The molecule has 0 saturated carbocycles. The van der Waals surface area contributed by atoms with E-state index in [1.165, 1.54) is 12.1 Å². The first-order chi connectivity index (χ1) is 12.2. The third-order valence-corrected chi connectivity index (χ3v) is 6.01. The van der Waals surface area contributed by atoms with E-state index in [4.69, 9.17) is 23.2 Å². The van der Waals surface area contributed by atoms with Crippen molar-refractivity contribution >= 4 is 50.5 Å². The molecule has 1 amide bonds. The highest BCUT2D eigenvalue weighted by Gasteiger charge is 2.33. The Morgan fingerprint density at radius 3 is 2.62 bits per heavy atom. The first-order valence-corrected chi connectivity index (χ1v) is 10.6. The quantitative estimate of drug-likeness (QED) is 0.768. The van der Waals surface area contributed by atoms with Crippen LogP contribution >= 0.6 is 23.2 Å². The molecule has 0 aliphatic carbocycles. The van der Waals surface area contributed by atoms with Crippen molar-refractivity contribution in [1.29, 1.82) is 0 Å². The van der Waals surface area contributed by atoms with Crippen LogP contribution in [0.5, 0.6) is 0 Å². The number of para-hydroxylation sites is 1. The van der Waals surface area contributed by atoms with Crippen LogP contribution in [-0.2, 0) is 21.2 Å². The van der Waals surface area contributed by atoms with Gasteiger partial charge < -0.3 is 4.90 Å². The minimum atomic E-state index is -3.73. The van der Waals surface area contributed by atoms with Crippen LogP contribution in [0.25, 0.3) is 0 Å². The molecule has 0 aromatic heterocycles. The number of halogens is 2. The maximum absolute atomic E-state index is 13.0. The standard InChI is InChI=1S/C18H18Cl2N2O3S/c1-12-9-13-5-3-4-6-16(13)22(12)18(23)11-21(26(2,24)25)17-10-14(19)7-8-15(17)20/h3-8,10,12H,9,11H2,1-2H3. The van der Waals surface area contributed by atoms with Crippen molar-refractivity contribution in [2.75, 3.05) is 22.0 Å². The minimum absolute atomic E-state index is 0.0452. The van der Waals surface area contributed by atoms with Gasteiger partial charge in [-0.05, 0) is 43.2 Å². The van der Waals surface area contributed by atoms with Gasteiger partial charge in [0.25, 0.3) is 0 Å². The van der Waals surface area contributed by atoms with Gasteiger partial charge in [0.05, 0.1) is 17.0 Å². The SMILES string of the molecule is CC1Cc2ccccc2N1C(=O)CN(c1cc(Cl)ccc1Cl)S(C)(=O)=O. The summed E-state index contributed by atoms with van der Waals surface area (Å²) in [5, 5.41) is 0.549. The Morgan fingerprint density at radius 1 is 1.23 bits per heavy atom. The van der Waals surface area contributed by atoms with E-state index in [1.807, 2.05) is 31.2 Å². The first kappa shape index (κ1) is 19.0. The van der Waals surface area contributed by atoms with Crippen molar-refractivity contribution in [2.45, 2.75) is 19.4 Å². The molecule has 0 fully saturated rings. The Morgan fingerprint density at radius 2 is 1.92 bits per heavy atom. The summed E-state index contributed by atoms with van der Waals surface area (Å²) in [6.07, 6.45) is 1.78. The summed E-state index contributed by atoms with van der Waals surface area (Å²) in [7, 11) is -3.73. The van der Waals surface area contributed by atoms with Crippen LogP contribution < -0.4 is 9.21 Å². The zero-order valence-corrected chi connectivity index (χ0v) is 16.6.